The average Bonchev–Trinajstić information content (AvgIpc) is 3.16. The summed E-state index contributed by atoms with van der Waals surface area (Å²) in [6, 6.07) is 10.3. The van der Waals surface area contributed by atoms with Crippen LogP contribution in [0.5, 0.6) is 5.75 Å². The second-order valence-corrected chi connectivity index (χ2v) is 9.87. The van der Waals surface area contributed by atoms with Gasteiger partial charge in [0, 0.05) is 25.8 Å². The summed E-state index contributed by atoms with van der Waals surface area (Å²) >= 11 is 0. The Labute approximate surface area is 200 Å². The van der Waals surface area contributed by atoms with Crippen molar-refractivity contribution < 1.29 is 23.4 Å². The van der Waals surface area contributed by atoms with Crippen LogP contribution in [0.3, 0.4) is 0 Å². The van der Waals surface area contributed by atoms with Gasteiger partial charge in [0.05, 0.1) is 17.8 Å². The van der Waals surface area contributed by atoms with E-state index < -0.39 is 29.9 Å². The highest BCUT2D eigenvalue weighted by Crippen LogP contribution is 2.41. The molecule has 1 aromatic heterocycles. The lowest BCUT2D eigenvalue weighted by Crippen LogP contribution is -2.59. The number of alkyl halides is 1. The van der Waals surface area contributed by atoms with Gasteiger partial charge in [-0.05, 0) is 64.3 Å². The zero-order valence-electron chi connectivity index (χ0n) is 20.4. The predicted molar refractivity (Wildman–Crippen MR) is 127 cm³/mol. The van der Waals surface area contributed by atoms with Crippen LogP contribution in [0.4, 0.5) is 15.0 Å². The van der Waals surface area contributed by atoms with Crippen molar-refractivity contribution in [2.24, 2.45) is 0 Å². The molecule has 0 N–H and O–H groups in total. The molecule has 4 rings (SSSR count). The number of fused-ring (bicyclic) bond motifs is 2. The fourth-order valence-corrected chi connectivity index (χ4v) is 4.85. The zero-order valence-corrected chi connectivity index (χ0v) is 20.4. The number of halogens is 1. The summed E-state index contributed by atoms with van der Waals surface area (Å²) in [4.78, 5) is 16.2. The predicted octanol–water partition coefficient (Wildman–Crippen LogP) is 4.44. The van der Waals surface area contributed by atoms with Crippen molar-refractivity contribution in [3.05, 3.63) is 36.4 Å². The minimum Gasteiger partial charge on any atom is -0.467 e. The second-order valence-electron chi connectivity index (χ2n) is 9.87. The molecule has 3 heterocycles. The third-order valence-corrected chi connectivity index (χ3v) is 6.40. The fourth-order valence-electron chi connectivity index (χ4n) is 4.85. The molecule has 0 aliphatic carbocycles. The van der Waals surface area contributed by atoms with Gasteiger partial charge in [0.2, 0.25) is 0 Å². The molecule has 2 aliphatic rings. The van der Waals surface area contributed by atoms with E-state index in [9.17, 15) is 4.79 Å². The second kappa shape index (κ2) is 9.74. The van der Waals surface area contributed by atoms with Crippen molar-refractivity contribution in [3.63, 3.8) is 0 Å². The SMILES string of the molecule is COCOc1ccccc1-c1ccc(N(C)[C@@H]2C[C@H]3CC[C@@H]([C@@H]2F)N3C(=O)OC(C)(C)C)nn1. The van der Waals surface area contributed by atoms with Gasteiger partial charge in [-0.15, -0.1) is 10.2 Å². The summed E-state index contributed by atoms with van der Waals surface area (Å²) in [5, 5.41) is 8.75. The van der Waals surface area contributed by atoms with Gasteiger partial charge < -0.3 is 19.1 Å². The molecule has 1 aromatic carbocycles. The number of hydrogen-bond acceptors (Lipinski definition) is 7. The first-order chi connectivity index (χ1) is 16.2. The van der Waals surface area contributed by atoms with Crippen LogP contribution in [0.1, 0.15) is 40.0 Å². The van der Waals surface area contributed by atoms with Gasteiger partial charge in [0.1, 0.15) is 17.5 Å². The number of nitrogens with zero attached hydrogens (tertiary/aromatic N) is 4. The van der Waals surface area contributed by atoms with Crippen molar-refractivity contribution in [2.45, 2.75) is 69.9 Å². The summed E-state index contributed by atoms with van der Waals surface area (Å²) in [6.07, 6.45) is 0.295. The number of aromatic nitrogens is 2. The largest absolute Gasteiger partial charge is 0.467 e. The van der Waals surface area contributed by atoms with E-state index in [1.807, 2.05) is 69.1 Å². The molecule has 184 valence electrons. The summed E-state index contributed by atoms with van der Waals surface area (Å²) in [5.74, 6) is 1.23. The number of rotatable bonds is 6. The lowest BCUT2D eigenvalue weighted by atomic mass is 9.94. The highest BCUT2D eigenvalue weighted by molar-refractivity contribution is 5.70. The van der Waals surface area contributed by atoms with E-state index in [0.717, 1.165) is 12.0 Å². The Hall–Kier alpha value is -2.94. The van der Waals surface area contributed by atoms with E-state index in [1.165, 1.54) is 0 Å². The molecule has 0 radical (unpaired) electrons. The minimum absolute atomic E-state index is 0.0451. The number of ether oxygens (including phenoxy) is 3. The number of anilines is 1. The van der Waals surface area contributed by atoms with Crippen molar-refractivity contribution in [2.75, 3.05) is 25.9 Å². The molecule has 2 bridgehead atoms. The number of carbonyl (C=O) groups excluding carboxylic acids is 1. The van der Waals surface area contributed by atoms with Gasteiger partial charge in [-0.25, -0.2) is 9.18 Å². The first kappa shape index (κ1) is 24.2. The van der Waals surface area contributed by atoms with E-state index >= 15 is 4.39 Å². The highest BCUT2D eigenvalue weighted by Gasteiger charge is 2.52. The van der Waals surface area contributed by atoms with Gasteiger partial charge in [-0.3, -0.25) is 4.90 Å². The van der Waals surface area contributed by atoms with Crippen LogP contribution in [0.15, 0.2) is 36.4 Å². The summed E-state index contributed by atoms with van der Waals surface area (Å²) in [5.41, 5.74) is 0.842. The van der Waals surface area contributed by atoms with E-state index in [0.29, 0.717) is 30.1 Å². The lowest BCUT2D eigenvalue weighted by Gasteiger charge is -2.44. The maximum absolute atomic E-state index is 15.7. The molecular weight excluding hydrogens is 439 g/mol. The van der Waals surface area contributed by atoms with Crippen LogP contribution in [-0.4, -0.2) is 72.0 Å². The Kier molecular flexibility index (Phi) is 6.93. The number of amides is 1. The molecule has 8 nitrogen and oxygen atoms in total. The standard InChI is InChI=1S/C25H33FN4O4/c1-25(2,3)34-24(31)30-16-10-12-19(30)23(26)20(14-16)29(4)22-13-11-18(27-28-22)17-8-6-7-9-21(17)33-15-32-5/h6-9,11,13,16,19-20,23H,10,12,14-15H2,1-5H3/t16-,19+,20-,23+/m1/s1. The van der Waals surface area contributed by atoms with E-state index in [4.69, 9.17) is 14.2 Å². The van der Waals surface area contributed by atoms with Crippen molar-refractivity contribution in [1.82, 2.24) is 15.1 Å². The summed E-state index contributed by atoms with van der Waals surface area (Å²) in [6.45, 7) is 5.60. The van der Waals surface area contributed by atoms with Crippen molar-refractivity contribution in [3.8, 4) is 17.0 Å². The quantitative estimate of drug-likeness (QED) is 0.575. The Morgan fingerprint density at radius 2 is 1.94 bits per heavy atom. The Morgan fingerprint density at radius 3 is 2.62 bits per heavy atom. The normalized spacial score (nSPS) is 24.1. The van der Waals surface area contributed by atoms with E-state index in [-0.39, 0.29) is 12.8 Å². The number of piperidine rings is 1. The Balaban J connectivity index is 1.48. The maximum Gasteiger partial charge on any atom is 0.410 e. The van der Waals surface area contributed by atoms with Crippen LogP contribution in [0.25, 0.3) is 11.3 Å². The third-order valence-electron chi connectivity index (χ3n) is 6.40. The molecule has 34 heavy (non-hydrogen) atoms. The topological polar surface area (TPSA) is 77.0 Å². The van der Waals surface area contributed by atoms with E-state index in [1.54, 1.807) is 12.0 Å². The first-order valence-corrected chi connectivity index (χ1v) is 11.6. The number of hydrogen-bond donors (Lipinski definition) is 0. The zero-order chi connectivity index (χ0) is 24.5. The summed E-state index contributed by atoms with van der Waals surface area (Å²) < 4.78 is 31.8. The van der Waals surface area contributed by atoms with Crippen molar-refractivity contribution >= 4 is 11.9 Å². The fraction of sp³-hybridized carbons (Fsp3) is 0.560. The Bertz CT molecular complexity index is 997. The smallest absolute Gasteiger partial charge is 0.410 e. The molecule has 9 heteroatoms. The van der Waals surface area contributed by atoms with Gasteiger partial charge >= 0.3 is 6.09 Å². The van der Waals surface area contributed by atoms with Crippen LogP contribution in [-0.2, 0) is 9.47 Å². The monoisotopic (exact) mass is 472 g/mol. The van der Waals surface area contributed by atoms with Crippen LogP contribution in [0, 0.1) is 0 Å². The number of carbonyl (C=O) groups is 1. The van der Waals surface area contributed by atoms with Gasteiger partial charge in [0.15, 0.2) is 12.6 Å². The molecule has 2 fully saturated rings. The molecular formula is C25H33FN4O4. The van der Waals surface area contributed by atoms with Crippen LogP contribution in [0.2, 0.25) is 0 Å². The van der Waals surface area contributed by atoms with Crippen LogP contribution >= 0.6 is 0 Å². The molecule has 0 unspecified atom stereocenters. The lowest BCUT2D eigenvalue weighted by molar-refractivity contribution is -0.0104. The average molecular weight is 473 g/mol. The number of benzene rings is 1. The van der Waals surface area contributed by atoms with Gasteiger partial charge in [-0.1, -0.05) is 12.1 Å². The van der Waals surface area contributed by atoms with Gasteiger partial charge in [0.25, 0.3) is 0 Å². The molecule has 1 amide bonds. The summed E-state index contributed by atoms with van der Waals surface area (Å²) in [7, 11) is 3.40. The Morgan fingerprint density at radius 1 is 1.18 bits per heavy atom. The molecule has 2 saturated heterocycles. The highest BCUT2D eigenvalue weighted by atomic mass is 19.1. The molecule has 2 aromatic rings. The van der Waals surface area contributed by atoms with Gasteiger partial charge in [-0.2, -0.15) is 0 Å². The molecule has 4 atom stereocenters. The minimum atomic E-state index is -1.21. The first-order valence-electron chi connectivity index (χ1n) is 11.6. The number of para-hydroxylation sites is 1. The molecule has 2 aliphatic heterocycles. The molecule has 0 saturated carbocycles. The third kappa shape index (κ3) is 4.94. The maximum atomic E-state index is 15.7. The molecule has 0 spiro atoms. The van der Waals surface area contributed by atoms with E-state index in [2.05, 4.69) is 10.2 Å². The number of methoxy groups -OCH3 is 1. The van der Waals surface area contributed by atoms with Crippen molar-refractivity contribution in [1.29, 1.82) is 0 Å². The van der Waals surface area contributed by atoms with Crippen LogP contribution < -0.4 is 9.64 Å².